The van der Waals surface area contributed by atoms with Crippen molar-refractivity contribution in [2.75, 3.05) is 17.3 Å². The third kappa shape index (κ3) is 3.88. The number of rotatable bonds is 6. The first-order valence-corrected chi connectivity index (χ1v) is 8.26. The van der Waals surface area contributed by atoms with Crippen molar-refractivity contribution in [1.82, 2.24) is 14.6 Å². The molecule has 0 saturated carbocycles. The normalized spacial score (nSPS) is 13.2. The molecule has 0 aliphatic heterocycles. The topological polar surface area (TPSA) is 120 Å². The monoisotopic (exact) mass is 313 g/mol. The number of nitro groups is 1. The quantitative estimate of drug-likeness (QED) is 0.620. The van der Waals surface area contributed by atoms with Gasteiger partial charge in [0, 0.05) is 18.4 Å². The third-order valence-corrected chi connectivity index (χ3v) is 3.82. The Morgan fingerprint density at radius 1 is 1.48 bits per heavy atom. The number of imidazole rings is 1. The number of hydrogen-bond acceptors (Lipinski definition) is 7. The molecule has 0 aliphatic carbocycles. The maximum atomic E-state index is 11.1. The smallest absolute Gasteiger partial charge is 0.364 e. The molecule has 1 atom stereocenters. The molecule has 10 heteroatoms. The fourth-order valence-electron chi connectivity index (χ4n) is 1.78. The summed E-state index contributed by atoms with van der Waals surface area (Å²) in [6, 6.07) is 3.11. The Balaban J connectivity index is 2.15. The number of sulfone groups is 1. The van der Waals surface area contributed by atoms with Gasteiger partial charge in [0.15, 0.2) is 5.82 Å². The summed E-state index contributed by atoms with van der Waals surface area (Å²) in [4.78, 5) is 14.2. The van der Waals surface area contributed by atoms with Crippen LogP contribution in [0, 0.1) is 10.1 Å². The molecule has 0 fully saturated rings. The average molecular weight is 313 g/mol. The number of nitrogens with zero attached hydrogens (tertiary/aromatic N) is 4. The molecule has 2 aromatic rings. The fraction of sp³-hybridized carbons (Fsp3) is 0.455. The van der Waals surface area contributed by atoms with Crippen LogP contribution in [0.25, 0.3) is 5.65 Å². The van der Waals surface area contributed by atoms with Gasteiger partial charge in [-0.3, -0.25) is 0 Å². The first-order chi connectivity index (χ1) is 9.76. The zero-order valence-electron chi connectivity index (χ0n) is 11.6. The fourth-order valence-corrected chi connectivity index (χ4v) is 2.56. The zero-order valence-corrected chi connectivity index (χ0v) is 12.4. The highest BCUT2D eigenvalue weighted by Gasteiger charge is 2.16. The molecule has 0 aliphatic rings. The van der Waals surface area contributed by atoms with Crippen LogP contribution in [0.5, 0.6) is 0 Å². The van der Waals surface area contributed by atoms with E-state index in [-0.39, 0.29) is 17.6 Å². The van der Waals surface area contributed by atoms with Gasteiger partial charge in [0.25, 0.3) is 0 Å². The predicted octanol–water partition coefficient (Wildman–Crippen LogP) is 0.873. The maximum Gasteiger partial charge on any atom is 0.368 e. The highest BCUT2D eigenvalue weighted by Crippen LogP contribution is 2.15. The Hall–Kier alpha value is -2.23. The summed E-state index contributed by atoms with van der Waals surface area (Å²) < 4.78 is 23.4. The first kappa shape index (κ1) is 15.2. The second-order valence-electron chi connectivity index (χ2n) is 4.83. The van der Waals surface area contributed by atoms with Crippen LogP contribution in [0.1, 0.15) is 13.3 Å². The van der Waals surface area contributed by atoms with Crippen LogP contribution >= 0.6 is 0 Å². The van der Waals surface area contributed by atoms with Gasteiger partial charge in [-0.2, -0.15) is 0 Å². The molecule has 0 amide bonds. The van der Waals surface area contributed by atoms with Crippen molar-refractivity contribution in [2.24, 2.45) is 0 Å². The van der Waals surface area contributed by atoms with E-state index in [0.29, 0.717) is 17.9 Å². The van der Waals surface area contributed by atoms with Gasteiger partial charge in [-0.15, -0.1) is 0 Å². The number of aromatic nitrogens is 3. The van der Waals surface area contributed by atoms with Crippen LogP contribution < -0.4 is 5.32 Å². The van der Waals surface area contributed by atoms with Crippen LogP contribution in [0.3, 0.4) is 0 Å². The highest BCUT2D eigenvalue weighted by molar-refractivity contribution is 7.90. The molecular weight excluding hydrogens is 298 g/mol. The number of hydrogen-bond donors (Lipinski definition) is 1. The highest BCUT2D eigenvalue weighted by atomic mass is 32.2. The van der Waals surface area contributed by atoms with E-state index in [0.717, 1.165) is 10.7 Å². The van der Waals surface area contributed by atoms with E-state index in [1.54, 1.807) is 12.1 Å². The summed E-state index contributed by atoms with van der Waals surface area (Å²) in [5.74, 6) is 0.260. The average Bonchev–Trinajstić information content (AvgIpc) is 2.78. The summed E-state index contributed by atoms with van der Waals surface area (Å²) in [7, 11) is -3.02. The van der Waals surface area contributed by atoms with E-state index in [9.17, 15) is 18.5 Å². The van der Waals surface area contributed by atoms with Crippen molar-refractivity contribution >= 4 is 27.1 Å². The molecule has 1 N–H and O–H groups in total. The maximum absolute atomic E-state index is 11.1. The summed E-state index contributed by atoms with van der Waals surface area (Å²) >= 11 is 0. The van der Waals surface area contributed by atoms with Gasteiger partial charge in [-0.05, 0) is 24.3 Å². The van der Waals surface area contributed by atoms with E-state index in [1.807, 2.05) is 6.92 Å². The molecule has 0 saturated heterocycles. The summed E-state index contributed by atoms with van der Waals surface area (Å²) in [5, 5.41) is 17.9. The van der Waals surface area contributed by atoms with E-state index < -0.39 is 14.8 Å². The lowest BCUT2D eigenvalue weighted by Crippen LogP contribution is -2.20. The standard InChI is InChI=1S/C11H15N5O4S/c1-8(5-6-21(2,19)20)13-9-3-4-10-12-7-11(16(17)18)15(10)14-9/h3-4,7-8H,5-6H2,1-2H3,(H,13,14). The second-order valence-corrected chi connectivity index (χ2v) is 7.09. The minimum Gasteiger partial charge on any atom is -0.364 e. The Morgan fingerprint density at radius 3 is 2.81 bits per heavy atom. The van der Waals surface area contributed by atoms with Crippen LogP contribution in [0.15, 0.2) is 18.3 Å². The molecular formula is C11H15N5O4S. The van der Waals surface area contributed by atoms with Crippen molar-refractivity contribution in [3.05, 3.63) is 28.4 Å². The van der Waals surface area contributed by atoms with Crippen molar-refractivity contribution in [1.29, 1.82) is 0 Å². The molecule has 1 unspecified atom stereocenters. The van der Waals surface area contributed by atoms with E-state index in [4.69, 9.17) is 0 Å². The van der Waals surface area contributed by atoms with Crippen LogP contribution in [-0.4, -0.2) is 46.0 Å². The lowest BCUT2D eigenvalue weighted by Gasteiger charge is -2.12. The van der Waals surface area contributed by atoms with Gasteiger partial charge >= 0.3 is 5.82 Å². The summed E-state index contributed by atoms with van der Waals surface area (Å²) in [5.41, 5.74) is 0.371. The molecule has 21 heavy (non-hydrogen) atoms. The Kier molecular flexibility index (Phi) is 4.07. The third-order valence-electron chi connectivity index (χ3n) is 2.85. The molecule has 0 bridgehead atoms. The summed E-state index contributed by atoms with van der Waals surface area (Å²) in [6.07, 6.45) is 2.74. The SMILES string of the molecule is CC(CCS(C)(=O)=O)Nc1ccc2ncc([N+](=O)[O-])n2n1. The molecule has 0 radical (unpaired) electrons. The lowest BCUT2D eigenvalue weighted by atomic mass is 10.2. The molecule has 2 rings (SSSR count). The molecule has 114 valence electrons. The van der Waals surface area contributed by atoms with Crippen LogP contribution in [-0.2, 0) is 9.84 Å². The van der Waals surface area contributed by atoms with Crippen LogP contribution in [0.2, 0.25) is 0 Å². The second kappa shape index (κ2) is 5.64. The zero-order chi connectivity index (χ0) is 15.6. The molecule has 9 nitrogen and oxygen atoms in total. The number of nitrogens with one attached hydrogen (secondary N) is 1. The van der Waals surface area contributed by atoms with E-state index >= 15 is 0 Å². The summed E-state index contributed by atoms with van der Waals surface area (Å²) in [6.45, 7) is 1.82. The predicted molar refractivity (Wildman–Crippen MR) is 77.1 cm³/mol. The lowest BCUT2D eigenvalue weighted by molar-refractivity contribution is -0.391. The van der Waals surface area contributed by atoms with Crippen molar-refractivity contribution in [3.8, 4) is 0 Å². The van der Waals surface area contributed by atoms with E-state index in [1.165, 1.54) is 6.26 Å². The molecule has 2 aromatic heterocycles. The van der Waals surface area contributed by atoms with Gasteiger partial charge in [0.2, 0.25) is 5.65 Å². The van der Waals surface area contributed by atoms with E-state index in [2.05, 4.69) is 15.4 Å². The Morgan fingerprint density at radius 2 is 2.19 bits per heavy atom. The van der Waals surface area contributed by atoms with Crippen molar-refractivity contribution in [2.45, 2.75) is 19.4 Å². The van der Waals surface area contributed by atoms with Gasteiger partial charge in [0.05, 0.1) is 5.75 Å². The van der Waals surface area contributed by atoms with Gasteiger partial charge in [-0.25, -0.2) is 13.4 Å². The Bertz CT molecular complexity index is 770. The van der Waals surface area contributed by atoms with Gasteiger partial charge < -0.3 is 15.4 Å². The van der Waals surface area contributed by atoms with Crippen LogP contribution in [0.4, 0.5) is 11.6 Å². The molecule has 2 heterocycles. The van der Waals surface area contributed by atoms with Crippen molar-refractivity contribution < 1.29 is 13.3 Å². The largest absolute Gasteiger partial charge is 0.368 e. The molecule has 0 aromatic carbocycles. The van der Waals surface area contributed by atoms with Crippen molar-refractivity contribution in [3.63, 3.8) is 0 Å². The molecule has 0 spiro atoms. The Labute approximate surface area is 121 Å². The number of fused-ring (bicyclic) bond motifs is 1. The minimum absolute atomic E-state index is 0.0641. The minimum atomic E-state index is -3.02. The first-order valence-electron chi connectivity index (χ1n) is 6.20. The number of anilines is 1. The van der Waals surface area contributed by atoms with Gasteiger partial charge in [-0.1, -0.05) is 9.61 Å². The van der Waals surface area contributed by atoms with Gasteiger partial charge in [0.1, 0.15) is 16.0 Å².